The number of carbonyl (C=O) groups is 1. The van der Waals surface area contributed by atoms with Crippen LogP contribution in [0.5, 0.6) is 5.75 Å². The third-order valence-corrected chi connectivity index (χ3v) is 6.01. The first-order valence-electron chi connectivity index (χ1n) is 10.5. The number of nitrogens with zero attached hydrogens (tertiary/aromatic N) is 2. The molecule has 0 spiro atoms. The normalized spacial score (nSPS) is 21.9. The van der Waals surface area contributed by atoms with Crippen LogP contribution in [0.25, 0.3) is 0 Å². The summed E-state index contributed by atoms with van der Waals surface area (Å²) >= 11 is 0. The molecule has 3 rings (SSSR count). The van der Waals surface area contributed by atoms with Crippen LogP contribution in [0.2, 0.25) is 0 Å². The molecule has 1 aromatic carbocycles. The SMILES string of the molecule is COc1cccc(N(C)C2CCN(C(=O)O)CC2)c1CCCC1COC(C)(C)O1. The van der Waals surface area contributed by atoms with Gasteiger partial charge in [0.25, 0.3) is 0 Å². The molecular weight excluding hydrogens is 372 g/mol. The van der Waals surface area contributed by atoms with Gasteiger partial charge in [0.15, 0.2) is 5.79 Å². The van der Waals surface area contributed by atoms with Crippen molar-refractivity contribution in [3.63, 3.8) is 0 Å². The van der Waals surface area contributed by atoms with Crippen LogP contribution in [0, 0.1) is 0 Å². The van der Waals surface area contributed by atoms with Crippen molar-refractivity contribution in [1.82, 2.24) is 4.90 Å². The minimum Gasteiger partial charge on any atom is -0.496 e. The van der Waals surface area contributed by atoms with Crippen molar-refractivity contribution < 1.29 is 24.1 Å². The van der Waals surface area contributed by atoms with Gasteiger partial charge < -0.3 is 29.1 Å². The minimum atomic E-state index is -0.825. The molecule has 0 bridgehead atoms. The van der Waals surface area contributed by atoms with Gasteiger partial charge in [-0.25, -0.2) is 4.79 Å². The summed E-state index contributed by atoms with van der Waals surface area (Å²) in [5, 5.41) is 9.19. The van der Waals surface area contributed by atoms with E-state index in [0.717, 1.165) is 37.9 Å². The van der Waals surface area contributed by atoms with Crippen LogP contribution in [0.15, 0.2) is 18.2 Å². The fraction of sp³-hybridized carbons (Fsp3) is 0.682. The highest BCUT2D eigenvalue weighted by molar-refractivity contribution is 5.65. The highest BCUT2D eigenvalue weighted by atomic mass is 16.7. The molecule has 1 unspecified atom stereocenters. The van der Waals surface area contributed by atoms with E-state index >= 15 is 0 Å². The van der Waals surface area contributed by atoms with Gasteiger partial charge in [-0.15, -0.1) is 0 Å². The van der Waals surface area contributed by atoms with E-state index in [1.165, 1.54) is 16.2 Å². The highest BCUT2D eigenvalue weighted by Gasteiger charge is 2.32. The molecule has 7 nitrogen and oxygen atoms in total. The molecule has 1 N–H and O–H groups in total. The summed E-state index contributed by atoms with van der Waals surface area (Å²) in [5.74, 6) is 0.423. The zero-order valence-electron chi connectivity index (χ0n) is 18.0. The lowest BCUT2D eigenvalue weighted by molar-refractivity contribution is -0.139. The van der Waals surface area contributed by atoms with Crippen LogP contribution in [0.4, 0.5) is 10.5 Å². The zero-order chi connectivity index (χ0) is 21.0. The highest BCUT2D eigenvalue weighted by Crippen LogP contribution is 2.34. The summed E-state index contributed by atoms with van der Waals surface area (Å²) in [6.45, 7) is 5.72. The molecule has 2 heterocycles. The Morgan fingerprint density at radius 2 is 2.07 bits per heavy atom. The maximum Gasteiger partial charge on any atom is 0.407 e. The Labute approximate surface area is 173 Å². The van der Waals surface area contributed by atoms with Crippen molar-refractivity contribution in [2.75, 3.05) is 38.8 Å². The molecule has 1 aromatic rings. The minimum absolute atomic E-state index is 0.140. The van der Waals surface area contributed by atoms with Crippen molar-refractivity contribution in [3.05, 3.63) is 23.8 Å². The third kappa shape index (κ3) is 5.34. The molecule has 2 saturated heterocycles. The Hall–Kier alpha value is -1.99. The van der Waals surface area contributed by atoms with E-state index in [4.69, 9.17) is 14.2 Å². The van der Waals surface area contributed by atoms with E-state index in [-0.39, 0.29) is 6.10 Å². The van der Waals surface area contributed by atoms with Crippen molar-refractivity contribution in [3.8, 4) is 5.75 Å². The number of amides is 1. The van der Waals surface area contributed by atoms with Crippen LogP contribution in [0.1, 0.15) is 45.1 Å². The number of rotatable bonds is 7. The Bertz CT molecular complexity index is 700. The summed E-state index contributed by atoms with van der Waals surface area (Å²) in [7, 11) is 3.82. The Kier molecular flexibility index (Phi) is 6.90. The van der Waals surface area contributed by atoms with E-state index in [0.29, 0.717) is 25.7 Å². The van der Waals surface area contributed by atoms with Crippen LogP contribution in [-0.2, 0) is 15.9 Å². The predicted molar refractivity (Wildman–Crippen MR) is 112 cm³/mol. The van der Waals surface area contributed by atoms with Gasteiger partial charge in [-0.1, -0.05) is 6.07 Å². The number of hydrogen-bond donors (Lipinski definition) is 1. The molecular formula is C22H34N2O5. The quantitative estimate of drug-likeness (QED) is 0.744. The Morgan fingerprint density at radius 1 is 1.34 bits per heavy atom. The lowest BCUT2D eigenvalue weighted by Crippen LogP contribution is -2.45. The van der Waals surface area contributed by atoms with Gasteiger partial charge in [0.1, 0.15) is 5.75 Å². The van der Waals surface area contributed by atoms with Gasteiger partial charge >= 0.3 is 6.09 Å². The number of methoxy groups -OCH3 is 1. The second kappa shape index (κ2) is 9.22. The number of anilines is 1. The molecule has 1 amide bonds. The number of carboxylic acid groups (broad SMARTS) is 1. The number of hydrogen-bond acceptors (Lipinski definition) is 5. The summed E-state index contributed by atoms with van der Waals surface area (Å²) in [6.07, 6.45) is 3.82. The van der Waals surface area contributed by atoms with Gasteiger partial charge in [0, 0.05) is 37.4 Å². The molecule has 2 aliphatic heterocycles. The molecule has 7 heteroatoms. The van der Waals surface area contributed by atoms with Crippen LogP contribution < -0.4 is 9.64 Å². The van der Waals surface area contributed by atoms with Crippen LogP contribution >= 0.6 is 0 Å². The van der Waals surface area contributed by atoms with E-state index < -0.39 is 11.9 Å². The molecule has 1 atom stereocenters. The van der Waals surface area contributed by atoms with Crippen molar-refractivity contribution in [2.45, 2.75) is 63.9 Å². The molecule has 0 radical (unpaired) electrons. The second-order valence-electron chi connectivity index (χ2n) is 8.41. The smallest absolute Gasteiger partial charge is 0.407 e. The van der Waals surface area contributed by atoms with Crippen LogP contribution in [-0.4, -0.2) is 67.9 Å². The lowest BCUT2D eigenvalue weighted by atomic mass is 9.99. The van der Waals surface area contributed by atoms with Gasteiger partial charge in [0.2, 0.25) is 0 Å². The topological polar surface area (TPSA) is 71.5 Å². The summed E-state index contributed by atoms with van der Waals surface area (Å²) < 4.78 is 17.3. The van der Waals surface area contributed by atoms with Gasteiger partial charge in [-0.3, -0.25) is 0 Å². The van der Waals surface area contributed by atoms with E-state index in [1.807, 2.05) is 26.0 Å². The maximum absolute atomic E-state index is 11.2. The number of ether oxygens (including phenoxy) is 3. The fourth-order valence-electron chi connectivity index (χ4n) is 4.38. The summed E-state index contributed by atoms with van der Waals surface area (Å²) in [4.78, 5) is 15.0. The number of piperidine rings is 1. The molecule has 29 heavy (non-hydrogen) atoms. The van der Waals surface area contributed by atoms with Gasteiger partial charge in [-0.05, 0) is 58.1 Å². The zero-order valence-corrected chi connectivity index (χ0v) is 18.0. The average molecular weight is 407 g/mol. The molecule has 162 valence electrons. The van der Waals surface area contributed by atoms with Crippen molar-refractivity contribution in [2.24, 2.45) is 0 Å². The Morgan fingerprint density at radius 3 is 2.66 bits per heavy atom. The van der Waals surface area contributed by atoms with Gasteiger partial charge in [-0.2, -0.15) is 0 Å². The van der Waals surface area contributed by atoms with E-state index in [2.05, 4.69) is 18.0 Å². The molecule has 0 saturated carbocycles. The van der Waals surface area contributed by atoms with E-state index in [9.17, 15) is 9.90 Å². The summed E-state index contributed by atoms with van der Waals surface area (Å²) in [5.41, 5.74) is 2.37. The standard InChI is InChI=1S/C22H34N2O5/c1-22(2)28-15-17(29-22)7-5-8-18-19(9-6-10-20(18)27-4)23(3)16-11-13-24(14-12-16)21(25)26/h6,9-10,16-17H,5,7-8,11-15H2,1-4H3,(H,25,26). The maximum atomic E-state index is 11.2. The lowest BCUT2D eigenvalue weighted by Gasteiger charge is -2.37. The second-order valence-corrected chi connectivity index (χ2v) is 8.41. The molecule has 2 aliphatic rings. The third-order valence-electron chi connectivity index (χ3n) is 6.01. The molecule has 0 aromatic heterocycles. The first kappa shape index (κ1) is 21.7. The van der Waals surface area contributed by atoms with Gasteiger partial charge in [0.05, 0.1) is 19.8 Å². The number of benzene rings is 1. The first-order chi connectivity index (χ1) is 13.8. The first-order valence-corrected chi connectivity index (χ1v) is 10.5. The largest absolute Gasteiger partial charge is 0.496 e. The van der Waals surface area contributed by atoms with Crippen LogP contribution in [0.3, 0.4) is 0 Å². The monoisotopic (exact) mass is 406 g/mol. The number of likely N-dealkylation sites (tertiary alicyclic amines) is 1. The Balaban J connectivity index is 1.65. The molecule has 0 aliphatic carbocycles. The summed E-state index contributed by atoms with van der Waals surface area (Å²) in [6, 6.07) is 6.50. The molecule has 2 fully saturated rings. The predicted octanol–water partition coefficient (Wildman–Crippen LogP) is 3.75. The van der Waals surface area contributed by atoms with Crippen molar-refractivity contribution in [1.29, 1.82) is 0 Å². The average Bonchev–Trinajstić information content (AvgIpc) is 3.06. The van der Waals surface area contributed by atoms with Crippen molar-refractivity contribution >= 4 is 11.8 Å². The van der Waals surface area contributed by atoms with E-state index in [1.54, 1.807) is 7.11 Å². The fourth-order valence-corrected chi connectivity index (χ4v) is 4.38.